The number of ketones is 1. The van der Waals surface area contributed by atoms with Crippen LogP contribution in [0.4, 0.5) is 0 Å². The second kappa shape index (κ2) is 6.52. The van der Waals surface area contributed by atoms with E-state index in [9.17, 15) is 4.79 Å². The SMILES string of the molecule is COc1ccc(C(=O)[C@H](Br)c2ccncc2)cc1OC. The largest absolute Gasteiger partial charge is 0.493 e. The highest BCUT2D eigenvalue weighted by molar-refractivity contribution is 9.09. The second-order valence-electron chi connectivity index (χ2n) is 4.08. The molecule has 0 fully saturated rings. The van der Waals surface area contributed by atoms with Gasteiger partial charge in [-0.2, -0.15) is 0 Å². The van der Waals surface area contributed by atoms with E-state index in [1.54, 1.807) is 56.9 Å². The number of ether oxygens (including phenoxy) is 2. The number of nitrogens with zero attached hydrogens (tertiary/aromatic N) is 1. The van der Waals surface area contributed by atoms with Gasteiger partial charge in [-0.05, 0) is 35.9 Å². The molecule has 0 aliphatic heterocycles. The third kappa shape index (κ3) is 2.99. The lowest BCUT2D eigenvalue weighted by atomic mass is 10.0. The van der Waals surface area contributed by atoms with E-state index in [0.717, 1.165) is 5.56 Å². The number of rotatable bonds is 5. The quantitative estimate of drug-likeness (QED) is 0.620. The smallest absolute Gasteiger partial charge is 0.181 e. The average molecular weight is 336 g/mol. The lowest BCUT2D eigenvalue weighted by molar-refractivity contribution is 0.0991. The number of hydrogen-bond acceptors (Lipinski definition) is 4. The predicted octanol–water partition coefficient (Wildman–Crippen LogP) is 3.42. The Morgan fingerprint density at radius 3 is 2.35 bits per heavy atom. The molecule has 0 saturated carbocycles. The molecule has 2 rings (SSSR count). The van der Waals surface area contributed by atoms with Crippen molar-refractivity contribution in [3.63, 3.8) is 0 Å². The molecule has 1 aromatic heterocycles. The van der Waals surface area contributed by atoms with Gasteiger partial charge >= 0.3 is 0 Å². The predicted molar refractivity (Wildman–Crippen MR) is 79.8 cm³/mol. The molecule has 0 aliphatic rings. The Balaban J connectivity index is 2.29. The molecule has 4 nitrogen and oxygen atoms in total. The number of aromatic nitrogens is 1. The molecule has 0 aliphatic carbocycles. The third-order valence-corrected chi connectivity index (χ3v) is 3.84. The molecule has 1 heterocycles. The zero-order valence-corrected chi connectivity index (χ0v) is 12.8. The molecule has 1 aromatic carbocycles. The zero-order chi connectivity index (χ0) is 14.5. The van der Waals surface area contributed by atoms with Crippen LogP contribution >= 0.6 is 15.9 Å². The van der Waals surface area contributed by atoms with Gasteiger partial charge in [0.25, 0.3) is 0 Å². The van der Waals surface area contributed by atoms with Crippen LogP contribution in [0.1, 0.15) is 20.7 Å². The first-order chi connectivity index (χ1) is 9.67. The first kappa shape index (κ1) is 14.5. The van der Waals surface area contributed by atoms with E-state index in [1.165, 1.54) is 0 Å². The topological polar surface area (TPSA) is 48.4 Å². The molecule has 0 spiro atoms. The number of carbonyl (C=O) groups is 1. The summed E-state index contributed by atoms with van der Waals surface area (Å²) in [7, 11) is 3.10. The van der Waals surface area contributed by atoms with Gasteiger partial charge in [0.1, 0.15) is 4.83 Å². The fourth-order valence-electron chi connectivity index (χ4n) is 1.82. The highest BCUT2D eigenvalue weighted by atomic mass is 79.9. The van der Waals surface area contributed by atoms with Crippen LogP contribution in [0.3, 0.4) is 0 Å². The number of hydrogen-bond donors (Lipinski definition) is 0. The van der Waals surface area contributed by atoms with Crippen molar-refractivity contribution in [2.45, 2.75) is 4.83 Å². The summed E-state index contributed by atoms with van der Waals surface area (Å²) >= 11 is 3.42. The third-order valence-electron chi connectivity index (χ3n) is 2.90. The number of carbonyl (C=O) groups excluding carboxylic acids is 1. The lowest BCUT2D eigenvalue weighted by Gasteiger charge is -2.12. The maximum Gasteiger partial charge on any atom is 0.181 e. The van der Waals surface area contributed by atoms with Crippen molar-refractivity contribution in [2.75, 3.05) is 14.2 Å². The van der Waals surface area contributed by atoms with Gasteiger partial charge in [-0.25, -0.2) is 0 Å². The molecular formula is C15H14BrNO3. The van der Waals surface area contributed by atoms with E-state index in [4.69, 9.17) is 9.47 Å². The van der Waals surface area contributed by atoms with Crippen molar-refractivity contribution in [1.82, 2.24) is 4.98 Å². The van der Waals surface area contributed by atoms with Gasteiger partial charge in [-0.3, -0.25) is 9.78 Å². The Morgan fingerprint density at radius 1 is 1.10 bits per heavy atom. The Hall–Kier alpha value is -1.88. The minimum absolute atomic E-state index is 0.0443. The molecule has 0 saturated heterocycles. The van der Waals surface area contributed by atoms with E-state index in [2.05, 4.69) is 20.9 Å². The Bertz CT molecular complexity index is 601. The molecule has 0 unspecified atom stereocenters. The van der Waals surface area contributed by atoms with Gasteiger partial charge in [-0.15, -0.1) is 0 Å². The average Bonchev–Trinajstić information content (AvgIpc) is 2.53. The van der Waals surface area contributed by atoms with Crippen LogP contribution < -0.4 is 9.47 Å². The summed E-state index contributed by atoms with van der Waals surface area (Å²) in [6.45, 7) is 0. The first-order valence-electron chi connectivity index (χ1n) is 5.97. The molecule has 1 atom stereocenters. The molecule has 104 valence electrons. The highest BCUT2D eigenvalue weighted by Gasteiger charge is 2.20. The maximum atomic E-state index is 12.4. The van der Waals surface area contributed by atoms with Crippen LogP contribution in [0, 0.1) is 0 Å². The number of pyridine rings is 1. The highest BCUT2D eigenvalue weighted by Crippen LogP contribution is 2.32. The fourth-order valence-corrected chi connectivity index (χ4v) is 2.39. The number of halogens is 1. The standard InChI is InChI=1S/C15H14BrNO3/c1-19-12-4-3-11(9-13(12)20-2)15(18)14(16)10-5-7-17-8-6-10/h3-9,14H,1-2H3/t14-/m1/s1. The van der Waals surface area contributed by atoms with Gasteiger partial charge in [0, 0.05) is 18.0 Å². The van der Waals surface area contributed by atoms with E-state index >= 15 is 0 Å². The number of alkyl halides is 1. The molecule has 2 aromatic rings. The summed E-state index contributed by atoms with van der Waals surface area (Å²) in [5.41, 5.74) is 1.42. The number of methoxy groups -OCH3 is 2. The van der Waals surface area contributed by atoms with E-state index < -0.39 is 4.83 Å². The summed E-state index contributed by atoms with van der Waals surface area (Å²) in [4.78, 5) is 16.0. The minimum atomic E-state index is -0.413. The second-order valence-corrected chi connectivity index (χ2v) is 4.99. The molecule has 0 bridgehead atoms. The molecule has 0 radical (unpaired) electrons. The fraction of sp³-hybridized carbons (Fsp3) is 0.200. The summed E-state index contributed by atoms with van der Waals surface area (Å²) in [5.74, 6) is 1.09. The van der Waals surface area contributed by atoms with Crippen LogP contribution in [-0.4, -0.2) is 25.0 Å². The van der Waals surface area contributed by atoms with E-state index in [-0.39, 0.29) is 5.78 Å². The number of benzene rings is 1. The molecule has 20 heavy (non-hydrogen) atoms. The van der Waals surface area contributed by atoms with Crippen LogP contribution in [0.2, 0.25) is 0 Å². The zero-order valence-electron chi connectivity index (χ0n) is 11.2. The van der Waals surface area contributed by atoms with Gasteiger partial charge in [0.15, 0.2) is 17.3 Å². The minimum Gasteiger partial charge on any atom is -0.493 e. The first-order valence-corrected chi connectivity index (χ1v) is 6.89. The summed E-state index contributed by atoms with van der Waals surface area (Å²) in [6.07, 6.45) is 3.32. The van der Waals surface area contributed by atoms with Crippen molar-refractivity contribution < 1.29 is 14.3 Å². The van der Waals surface area contributed by atoms with Crippen LogP contribution in [0.5, 0.6) is 11.5 Å². The lowest BCUT2D eigenvalue weighted by Crippen LogP contribution is -2.07. The molecule has 0 N–H and O–H groups in total. The molecular weight excluding hydrogens is 322 g/mol. The Kier molecular flexibility index (Phi) is 4.74. The van der Waals surface area contributed by atoms with Crippen molar-refractivity contribution in [1.29, 1.82) is 0 Å². The van der Waals surface area contributed by atoms with Crippen molar-refractivity contribution in [2.24, 2.45) is 0 Å². The summed E-state index contributed by atoms with van der Waals surface area (Å²) < 4.78 is 10.4. The van der Waals surface area contributed by atoms with Crippen molar-refractivity contribution in [3.8, 4) is 11.5 Å². The summed E-state index contributed by atoms with van der Waals surface area (Å²) in [5, 5.41) is 0. The van der Waals surface area contributed by atoms with Gasteiger partial charge < -0.3 is 9.47 Å². The summed E-state index contributed by atoms with van der Waals surface area (Å²) in [6, 6.07) is 8.73. The van der Waals surface area contributed by atoms with Crippen LogP contribution in [0.15, 0.2) is 42.7 Å². The van der Waals surface area contributed by atoms with E-state index in [1.807, 2.05) is 0 Å². The maximum absolute atomic E-state index is 12.4. The van der Waals surface area contributed by atoms with Gasteiger partial charge in [-0.1, -0.05) is 15.9 Å². The normalized spacial score (nSPS) is 11.8. The van der Waals surface area contributed by atoms with Gasteiger partial charge in [0.05, 0.1) is 14.2 Å². The van der Waals surface area contributed by atoms with Crippen molar-refractivity contribution >= 4 is 21.7 Å². The van der Waals surface area contributed by atoms with E-state index in [0.29, 0.717) is 17.1 Å². The monoisotopic (exact) mass is 335 g/mol. The van der Waals surface area contributed by atoms with Crippen molar-refractivity contribution in [3.05, 3.63) is 53.9 Å². The van der Waals surface area contributed by atoms with Crippen LogP contribution in [-0.2, 0) is 0 Å². The molecule has 0 amide bonds. The van der Waals surface area contributed by atoms with Crippen LogP contribution in [0.25, 0.3) is 0 Å². The molecule has 5 heteroatoms. The van der Waals surface area contributed by atoms with Gasteiger partial charge in [0.2, 0.25) is 0 Å². The number of Topliss-reactive ketones (excluding diaryl/α,β-unsaturated/α-hetero) is 1. The Labute approximate surface area is 125 Å². The Morgan fingerprint density at radius 2 is 1.75 bits per heavy atom.